The molecule has 3 rings (SSSR count). The summed E-state index contributed by atoms with van der Waals surface area (Å²) in [5, 5.41) is 2.02. The van der Waals surface area contributed by atoms with E-state index in [0.717, 1.165) is 28.6 Å². The number of carbonyl (C=O) groups excluding carboxylic acids is 1. The SMILES string of the molecule is C[C@H]1CCc2c(sc3ncnc(S[C@@H](C)C(=O)N(C)C)c23)C1. The summed E-state index contributed by atoms with van der Waals surface area (Å²) in [6, 6.07) is 0. The Morgan fingerprint density at radius 2 is 2.23 bits per heavy atom. The second kappa shape index (κ2) is 6.16. The molecule has 1 amide bonds. The molecule has 0 fully saturated rings. The maximum absolute atomic E-state index is 12.1. The van der Waals surface area contributed by atoms with Crippen molar-refractivity contribution in [2.24, 2.45) is 5.92 Å². The van der Waals surface area contributed by atoms with E-state index >= 15 is 0 Å². The molecular formula is C16H21N3OS2. The third-order valence-corrected chi connectivity index (χ3v) is 6.38. The fourth-order valence-electron chi connectivity index (χ4n) is 2.92. The molecule has 6 heteroatoms. The van der Waals surface area contributed by atoms with E-state index in [1.165, 1.54) is 22.2 Å². The average Bonchev–Trinajstić information content (AvgIpc) is 2.84. The molecule has 1 aliphatic rings. The van der Waals surface area contributed by atoms with Gasteiger partial charge in [0.15, 0.2) is 0 Å². The Hall–Kier alpha value is -1.14. The van der Waals surface area contributed by atoms with Gasteiger partial charge >= 0.3 is 0 Å². The van der Waals surface area contributed by atoms with Crippen molar-refractivity contribution >= 4 is 39.2 Å². The fourth-order valence-corrected chi connectivity index (χ4v) is 5.42. The first-order valence-electron chi connectivity index (χ1n) is 7.60. The van der Waals surface area contributed by atoms with Crippen molar-refractivity contribution < 1.29 is 4.79 Å². The molecule has 0 unspecified atom stereocenters. The number of rotatable bonds is 3. The van der Waals surface area contributed by atoms with Crippen LogP contribution < -0.4 is 0 Å². The Balaban J connectivity index is 1.98. The number of nitrogens with zero attached hydrogens (tertiary/aromatic N) is 3. The number of carbonyl (C=O) groups is 1. The number of hydrogen-bond donors (Lipinski definition) is 0. The van der Waals surface area contributed by atoms with Gasteiger partial charge in [-0.15, -0.1) is 11.3 Å². The zero-order chi connectivity index (χ0) is 15.9. The average molecular weight is 335 g/mol. The molecule has 0 N–H and O–H groups in total. The predicted molar refractivity (Wildman–Crippen MR) is 92.6 cm³/mol. The van der Waals surface area contributed by atoms with Crippen LogP contribution in [0, 0.1) is 5.92 Å². The van der Waals surface area contributed by atoms with Crippen LogP contribution in [0.1, 0.15) is 30.7 Å². The molecule has 0 aliphatic heterocycles. The standard InChI is InChI=1S/C16H21N3OS2/c1-9-5-6-11-12(7-9)22-15-13(11)14(17-8-18-15)21-10(2)16(20)19(3)4/h8-10H,5-7H2,1-4H3/t9-,10-/m0/s1. The Morgan fingerprint density at radius 1 is 1.45 bits per heavy atom. The molecule has 0 saturated heterocycles. The van der Waals surface area contributed by atoms with E-state index in [9.17, 15) is 4.79 Å². The first kappa shape index (κ1) is 15.7. The molecule has 0 aromatic carbocycles. The highest BCUT2D eigenvalue weighted by atomic mass is 32.2. The monoisotopic (exact) mass is 335 g/mol. The number of amides is 1. The van der Waals surface area contributed by atoms with Gasteiger partial charge in [0, 0.05) is 24.4 Å². The van der Waals surface area contributed by atoms with Gasteiger partial charge in [-0.1, -0.05) is 18.7 Å². The molecule has 118 valence electrons. The summed E-state index contributed by atoms with van der Waals surface area (Å²) in [4.78, 5) is 25.2. The van der Waals surface area contributed by atoms with Gasteiger partial charge in [-0.2, -0.15) is 0 Å². The fraction of sp³-hybridized carbons (Fsp3) is 0.562. The molecule has 0 spiro atoms. The molecule has 4 nitrogen and oxygen atoms in total. The van der Waals surface area contributed by atoms with Crippen molar-refractivity contribution in [1.82, 2.24) is 14.9 Å². The lowest BCUT2D eigenvalue weighted by Gasteiger charge is -2.19. The van der Waals surface area contributed by atoms with Crippen molar-refractivity contribution in [2.75, 3.05) is 14.1 Å². The molecule has 2 aromatic heterocycles. The molecule has 0 radical (unpaired) electrons. The lowest BCUT2D eigenvalue weighted by Crippen LogP contribution is -2.29. The lowest BCUT2D eigenvalue weighted by atomic mass is 9.89. The van der Waals surface area contributed by atoms with Crippen LogP contribution in [-0.4, -0.2) is 40.1 Å². The van der Waals surface area contributed by atoms with Crippen LogP contribution in [0.15, 0.2) is 11.4 Å². The smallest absolute Gasteiger partial charge is 0.235 e. The van der Waals surface area contributed by atoms with Crippen LogP contribution in [0.4, 0.5) is 0 Å². The minimum atomic E-state index is -0.133. The van der Waals surface area contributed by atoms with Crippen LogP contribution in [0.5, 0.6) is 0 Å². The second-order valence-corrected chi connectivity index (χ2v) is 8.62. The molecule has 2 aromatic rings. The van der Waals surface area contributed by atoms with Gasteiger partial charge in [0.2, 0.25) is 5.91 Å². The maximum Gasteiger partial charge on any atom is 0.235 e. The Bertz CT molecular complexity index is 711. The minimum absolute atomic E-state index is 0.120. The van der Waals surface area contributed by atoms with Gasteiger partial charge in [0.25, 0.3) is 0 Å². The highest BCUT2D eigenvalue weighted by molar-refractivity contribution is 8.00. The summed E-state index contributed by atoms with van der Waals surface area (Å²) in [6.45, 7) is 4.26. The van der Waals surface area contributed by atoms with E-state index in [-0.39, 0.29) is 11.2 Å². The van der Waals surface area contributed by atoms with Gasteiger partial charge < -0.3 is 4.90 Å². The minimum Gasteiger partial charge on any atom is -0.348 e. The Kier molecular flexibility index (Phi) is 4.41. The number of hydrogen-bond acceptors (Lipinski definition) is 5. The van der Waals surface area contributed by atoms with E-state index in [0.29, 0.717) is 0 Å². The van der Waals surface area contributed by atoms with E-state index in [1.807, 2.05) is 6.92 Å². The number of fused-ring (bicyclic) bond motifs is 3. The molecule has 1 aliphatic carbocycles. The van der Waals surface area contributed by atoms with Gasteiger partial charge in [-0.05, 0) is 37.7 Å². The van der Waals surface area contributed by atoms with Crippen LogP contribution in [0.3, 0.4) is 0 Å². The van der Waals surface area contributed by atoms with Gasteiger partial charge in [-0.3, -0.25) is 4.79 Å². The van der Waals surface area contributed by atoms with Gasteiger partial charge in [-0.25, -0.2) is 9.97 Å². The highest BCUT2D eigenvalue weighted by Crippen LogP contribution is 2.41. The number of aryl methyl sites for hydroxylation is 1. The summed E-state index contributed by atoms with van der Waals surface area (Å²) in [5.41, 5.74) is 1.42. The number of aromatic nitrogens is 2. The van der Waals surface area contributed by atoms with Crippen molar-refractivity contribution in [3.8, 4) is 0 Å². The molecule has 2 heterocycles. The summed E-state index contributed by atoms with van der Waals surface area (Å²) in [6.07, 6.45) is 5.10. The zero-order valence-electron chi connectivity index (χ0n) is 13.4. The Labute approximate surface area is 139 Å². The van der Waals surface area contributed by atoms with E-state index in [4.69, 9.17) is 0 Å². The normalized spacial score (nSPS) is 19.0. The van der Waals surface area contributed by atoms with Crippen LogP contribution in [-0.2, 0) is 17.6 Å². The van der Waals surface area contributed by atoms with Crippen LogP contribution in [0.2, 0.25) is 0 Å². The first-order chi connectivity index (χ1) is 10.5. The van der Waals surface area contributed by atoms with Crippen molar-refractivity contribution in [1.29, 1.82) is 0 Å². The number of thiophene rings is 1. The van der Waals surface area contributed by atoms with Crippen molar-refractivity contribution in [2.45, 2.75) is 43.4 Å². The lowest BCUT2D eigenvalue weighted by molar-refractivity contribution is -0.127. The largest absolute Gasteiger partial charge is 0.348 e. The summed E-state index contributed by atoms with van der Waals surface area (Å²) in [7, 11) is 3.59. The van der Waals surface area contributed by atoms with Crippen LogP contribution in [0.25, 0.3) is 10.2 Å². The third kappa shape index (κ3) is 2.86. The predicted octanol–water partition coefficient (Wildman–Crippen LogP) is 3.38. The first-order valence-corrected chi connectivity index (χ1v) is 9.30. The van der Waals surface area contributed by atoms with Gasteiger partial charge in [0.1, 0.15) is 16.2 Å². The molecule has 2 atom stereocenters. The topological polar surface area (TPSA) is 46.1 Å². The van der Waals surface area contributed by atoms with Crippen LogP contribution >= 0.6 is 23.1 Å². The Morgan fingerprint density at radius 3 is 2.95 bits per heavy atom. The third-order valence-electron chi connectivity index (χ3n) is 4.13. The van der Waals surface area contributed by atoms with E-state index in [2.05, 4.69) is 16.9 Å². The quantitative estimate of drug-likeness (QED) is 0.637. The second-order valence-electron chi connectivity index (χ2n) is 6.20. The highest BCUT2D eigenvalue weighted by Gasteiger charge is 2.25. The molecule has 22 heavy (non-hydrogen) atoms. The molecule has 0 saturated carbocycles. The maximum atomic E-state index is 12.1. The van der Waals surface area contributed by atoms with Crippen molar-refractivity contribution in [3.05, 3.63) is 16.8 Å². The molecular weight excluding hydrogens is 314 g/mol. The van der Waals surface area contributed by atoms with Gasteiger partial charge in [0.05, 0.1) is 5.25 Å². The molecule has 0 bridgehead atoms. The van der Waals surface area contributed by atoms with E-state index < -0.39 is 0 Å². The summed E-state index contributed by atoms with van der Waals surface area (Å²) >= 11 is 3.35. The summed E-state index contributed by atoms with van der Waals surface area (Å²) < 4.78 is 0. The van der Waals surface area contributed by atoms with E-state index in [1.54, 1.807) is 48.4 Å². The number of thioether (sulfide) groups is 1. The summed E-state index contributed by atoms with van der Waals surface area (Å²) in [5.74, 6) is 0.869. The zero-order valence-corrected chi connectivity index (χ0v) is 15.1. The van der Waals surface area contributed by atoms with Crippen molar-refractivity contribution in [3.63, 3.8) is 0 Å².